The van der Waals surface area contributed by atoms with Gasteiger partial charge in [0.1, 0.15) is 0 Å². The number of aliphatic imine (C=N–C) groups is 1. The molecule has 0 bridgehead atoms. The van der Waals surface area contributed by atoms with E-state index in [1.165, 1.54) is 0 Å². The zero-order valence-corrected chi connectivity index (χ0v) is 16.8. The first-order valence-electron chi connectivity index (χ1n) is 8.11. The summed E-state index contributed by atoms with van der Waals surface area (Å²) in [7, 11) is -3.05. The minimum atomic E-state index is -3.05. The van der Waals surface area contributed by atoms with E-state index in [1.54, 1.807) is 11.8 Å². The topological polar surface area (TPSA) is 49.7 Å². The number of nitrogens with zero attached hydrogens (tertiary/aromatic N) is 2. The fourth-order valence-corrected chi connectivity index (χ4v) is 6.44. The third-order valence-corrected chi connectivity index (χ3v) is 7.73. The lowest BCUT2D eigenvalue weighted by Crippen LogP contribution is -2.39. The molecule has 4 nitrogen and oxygen atoms in total. The molecule has 4 rings (SSSR count). The third kappa shape index (κ3) is 3.74. The highest BCUT2D eigenvalue weighted by Crippen LogP contribution is 2.36. The van der Waals surface area contributed by atoms with Gasteiger partial charge in [-0.2, -0.15) is 0 Å². The van der Waals surface area contributed by atoms with Crippen molar-refractivity contribution in [2.45, 2.75) is 17.8 Å². The van der Waals surface area contributed by atoms with Crippen LogP contribution in [0.5, 0.6) is 0 Å². The van der Waals surface area contributed by atoms with Crippen LogP contribution in [0.15, 0.2) is 53.5 Å². The molecule has 8 heteroatoms. The van der Waals surface area contributed by atoms with E-state index < -0.39 is 9.84 Å². The van der Waals surface area contributed by atoms with Crippen LogP contribution in [0.2, 0.25) is 10.0 Å². The Kier molecular flexibility index (Phi) is 4.94. The fraction of sp³-hybridized carbons (Fsp3) is 0.278. The van der Waals surface area contributed by atoms with E-state index in [1.807, 2.05) is 53.4 Å². The number of halogens is 2. The molecule has 0 N–H and O–H groups in total. The maximum absolute atomic E-state index is 12.1. The summed E-state index contributed by atoms with van der Waals surface area (Å²) in [5.74, 6) is 0.994. The molecule has 0 aromatic heterocycles. The lowest BCUT2D eigenvalue weighted by Gasteiger charge is -2.26. The first-order valence-corrected chi connectivity index (χ1v) is 11.7. The summed E-state index contributed by atoms with van der Waals surface area (Å²) in [4.78, 5) is 6.77. The fourth-order valence-electron chi connectivity index (χ4n) is 3.27. The second kappa shape index (κ2) is 7.08. The predicted octanol–water partition coefficient (Wildman–Crippen LogP) is 4.27. The summed E-state index contributed by atoms with van der Waals surface area (Å²) in [6.45, 7) is 0. The highest BCUT2D eigenvalue weighted by atomic mass is 35.5. The van der Waals surface area contributed by atoms with Crippen LogP contribution in [-0.4, -0.2) is 37.2 Å². The van der Waals surface area contributed by atoms with Crippen molar-refractivity contribution in [1.82, 2.24) is 0 Å². The summed E-state index contributed by atoms with van der Waals surface area (Å²) in [6, 6.07) is 14.8. The van der Waals surface area contributed by atoms with E-state index >= 15 is 0 Å². The van der Waals surface area contributed by atoms with E-state index in [4.69, 9.17) is 28.2 Å². The van der Waals surface area contributed by atoms with Gasteiger partial charge in [0.25, 0.3) is 0 Å². The van der Waals surface area contributed by atoms with Gasteiger partial charge in [-0.3, -0.25) is 4.99 Å². The van der Waals surface area contributed by atoms with Gasteiger partial charge in [0.15, 0.2) is 15.0 Å². The number of benzene rings is 2. The highest BCUT2D eigenvalue weighted by Gasteiger charge is 2.47. The summed E-state index contributed by atoms with van der Waals surface area (Å²) >= 11 is 13.6. The van der Waals surface area contributed by atoms with Gasteiger partial charge >= 0.3 is 0 Å². The number of thioether (sulfide) groups is 1. The zero-order chi connectivity index (χ0) is 18.3. The molecule has 0 amide bonds. The largest absolute Gasteiger partial charge is 0.315 e. The number of fused-ring (bicyclic) bond motifs is 1. The van der Waals surface area contributed by atoms with Crippen molar-refractivity contribution in [3.63, 3.8) is 0 Å². The first kappa shape index (κ1) is 18.2. The molecule has 0 spiro atoms. The van der Waals surface area contributed by atoms with Crippen LogP contribution in [0.3, 0.4) is 0 Å². The highest BCUT2D eigenvalue weighted by molar-refractivity contribution is 8.13. The van der Waals surface area contributed by atoms with Gasteiger partial charge in [-0.05, 0) is 42.0 Å². The average Bonchev–Trinajstić information content (AvgIpc) is 3.06. The third-order valence-electron chi connectivity index (χ3n) is 4.49. The van der Waals surface area contributed by atoms with E-state index in [-0.39, 0.29) is 23.6 Å². The SMILES string of the molecule is O=S1(=O)C[C@@H]2N=C(SCc3ccc(Cl)cc3)N(c3ccc(Cl)cc3)[C@@H]2C1. The molecule has 2 aromatic carbocycles. The Bertz CT molecular complexity index is 944. The molecule has 2 aliphatic heterocycles. The van der Waals surface area contributed by atoms with Crippen LogP contribution in [0, 0.1) is 0 Å². The smallest absolute Gasteiger partial charge is 0.164 e. The van der Waals surface area contributed by atoms with E-state index in [2.05, 4.69) is 0 Å². The summed E-state index contributed by atoms with van der Waals surface area (Å²) in [5.41, 5.74) is 2.06. The van der Waals surface area contributed by atoms with Crippen molar-refractivity contribution in [3.8, 4) is 0 Å². The predicted molar refractivity (Wildman–Crippen MR) is 110 cm³/mol. The lowest BCUT2D eigenvalue weighted by atomic mass is 10.1. The Balaban J connectivity index is 1.60. The minimum absolute atomic E-state index is 0.118. The van der Waals surface area contributed by atoms with E-state index in [0.29, 0.717) is 10.0 Å². The Hall–Kier alpha value is -1.21. The van der Waals surface area contributed by atoms with Gasteiger partial charge in [0, 0.05) is 21.5 Å². The summed E-state index contributed by atoms with van der Waals surface area (Å²) in [5, 5.41) is 2.21. The Morgan fingerprint density at radius 2 is 1.62 bits per heavy atom. The van der Waals surface area contributed by atoms with Crippen molar-refractivity contribution in [1.29, 1.82) is 0 Å². The molecule has 136 valence electrons. The Morgan fingerprint density at radius 1 is 1.00 bits per heavy atom. The van der Waals surface area contributed by atoms with Crippen LogP contribution in [0.25, 0.3) is 0 Å². The maximum Gasteiger partial charge on any atom is 0.164 e. The molecule has 0 aliphatic carbocycles. The number of rotatable bonds is 3. The van der Waals surface area contributed by atoms with Gasteiger partial charge in [-0.1, -0.05) is 47.1 Å². The van der Waals surface area contributed by atoms with Crippen LogP contribution >= 0.6 is 35.0 Å². The van der Waals surface area contributed by atoms with Crippen LogP contribution in [0.1, 0.15) is 5.56 Å². The van der Waals surface area contributed by atoms with Crippen LogP contribution in [0.4, 0.5) is 5.69 Å². The number of hydrogen-bond donors (Lipinski definition) is 0. The first-order chi connectivity index (χ1) is 12.4. The summed E-state index contributed by atoms with van der Waals surface area (Å²) < 4.78 is 24.1. The second-order valence-electron chi connectivity index (χ2n) is 6.38. The number of hydrogen-bond acceptors (Lipinski definition) is 5. The lowest BCUT2D eigenvalue weighted by molar-refractivity contribution is 0.601. The van der Waals surface area contributed by atoms with Gasteiger partial charge in [0.05, 0.1) is 23.6 Å². The van der Waals surface area contributed by atoms with Crippen molar-refractivity contribution in [2.24, 2.45) is 4.99 Å². The number of amidine groups is 1. The van der Waals surface area contributed by atoms with Crippen molar-refractivity contribution in [3.05, 3.63) is 64.1 Å². The van der Waals surface area contributed by atoms with Crippen LogP contribution < -0.4 is 4.90 Å². The molecule has 0 saturated carbocycles. The quantitative estimate of drug-likeness (QED) is 0.734. The minimum Gasteiger partial charge on any atom is -0.315 e. The molecule has 1 saturated heterocycles. The average molecular weight is 427 g/mol. The van der Waals surface area contributed by atoms with E-state index in [0.717, 1.165) is 22.2 Å². The molecule has 26 heavy (non-hydrogen) atoms. The van der Waals surface area contributed by atoms with Gasteiger partial charge < -0.3 is 4.90 Å². The molecular weight excluding hydrogens is 411 g/mol. The van der Waals surface area contributed by atoms with Gasteiger partial charge in [-0.25, -0.2) is 8.42 Å². The van der Waals surface area contributed by atoms with Gasteiger partial charge in [-0.15, -0.1) is 0 Å². The van der Waals surface area contributed by atoms with Gasteiger partial charge in [0.2, 0.25) is 0 Å². The molecule has 2 heterocycles. The zero-order valence-electron chi connectivity index (χ0n) is 13.7. The summed E-state index contributed by atoms with van der Waals surface area (Å²) in [6.07, 6.45) is 0. The standard InChI is InChI=1S/C18H16Cl2N2O2S2/c19-13-3-1-12(2-4-13)9-25-18-21-16-10-26(23,24)11-17(16)22(18)15-7-5-14(20)6-8-15/h1-8,16-17H,9-11H2/t16-,17+/m0/s1. The molecule has 0 unspecified atom stereocenters. The Morgan fingerprint density at radius 3 is 2.27 bits per heavy atom. The number of sulfone groups is 1. The molecule has 0 radical (unpaired) electrons. The maximum atomic E-state index is 12.1. The Labute approximate surface area is 167 Å². The van der Waals surface area contributed by atoms with E-state index in [9.17, 15) is 8.42 Å². The second-order valence-corrected chi connectivity index (χ2v) is 10.4. The molecule has 2 aliphatic rings. The van der Waals surface area contributed by atoms with Crippen molar-refractivity contribution >= 4 is 55.7 Å². The number of anilines is 1. The van der Waals surface area contributed by atoms with Crippen LogP contribution in [-0.2, 0) is 15.6 Å². The normalized spacial score (nSPS) is 23.8. The van der Waals surface area contributed by atoms with Crippen molar-refractivity contribution in [2.75, 3.05) is 16.4 Å². The molecule has 2 atom stereocenters. The molecule has 1 fully saturated rings. The molecular formula is C18H16Cl2N2O2S2. The molecule has 2 aromatic rings. The van der Waals surface area contributed by atoms with Crippen molar-refractivity contribution < 1.29 is 8.42 Å². The monoisotopic (exact) mass is 426 g/mol.